The summed E-state index contributed by atoms with van der Waals surface area (Å²) in [5.74, 6) is 0.0468. The predicted molar refractivity (Wildman–Crippen MR) is 89.2 cm³/mol. The molecular formula is C17H23N5O2. The van der Waals surface area contributed by atoms with Gasteiger partial charge in [0.1, 0.15) is 6.04 Å². The number of nitrogens with zero attached hydrogens (tertiary/aromatic N) is 4. The number of aryl methyl sites for hydroxylation is 1. The van der Waals surface area contributed by atoms with Crippen molar-refractivity contribution in [1.29, 1.82) is 0 Å². The van der Waals surface area contributed by atoms with E-state index in [9.17, 15) is 4.79 Å². The lowest BCUT2D eigenvalue weighted by Gasteiger charge is -2.35. The number of carbonyl (C=O) groups excluding carboxylic acids is 1. The number of ether oxygens (including phenoxy) is 1. The van der Waals surface area contributed by atoms with E-state index in [0.29, 0.717) is 19.8 Å². The Morgan fingerprint density at radius 1 is 1.46 bits per heavy atom. The maximum atomic E-state index is 13.1. The smallest absolute Gasteiger partial charge is 0.244 e. The molecule has 1 saturated heterocycles. The fourth-order valence-corrected chi connectivity index (χ4v) is 2.97. The standard InChI is InChI=1S/C17H23N5O2/c1-13-10-15(20-19-13)12-21(2)17(23)16(14-4-3-5-18-11-14)22-6-8-24-9-7-22/h3-5,10-11,16H,6-9,12H2,1-2H3,(H,19,20)/t16-/m1/s1. The van der Waals surface area contributed by atoms with Gasteiger partial charge >= 0.3 is 0 Å². The Balaban J connectivity index is 1.79. The lowest BCUT2D eigenvalue weighted by Crippen LogP contribution is -2.46. The molecule has 2 aromatic rings. The van der Waals surface area contributed by atoms with E-state index in [2.05, 4.69) is 20.1 Å². The SMILES string of the molecule is Cc1cc(CN(C)C(=O)[C@@H](c2cccnc2)N2CCOCC2)n[nH]1. The van der Waals surface area contributed by atoms with E-state index in [4.69, 9.17) is 4.74 Å². The lowest BCUT2D eigenvalue weighted by molar-refractivity contribution is -0.138. The highest BCUT2D eigenvalue weighted by Crippen LogP contribution is 2.24. The molecule has 1 N–H and O–H groups in total. The minimum Gasteiger partial charge on any atom is -0.379 e. The number of aromatic nitrogens is 3. The van der Waals surface area contributed by atoms with Gasteiger partial charge in [-0.25, -0.2) is 0 Å². The van der Waals surface area contributed by atoms with Crippen molar-refractivity contribution in [3.05, 3.63) is 47.5 Å². The van der Waals surface area contributed by atoms with Crippen LogP contribution in [-0.2, 0) is 16.1 Å². The normalized spacial score (nSPS) is 16.8. The van der Waals surface area contributed by atoms with E-state index in [1.807, 2.05) is 32.2 Å². The van der Waals surface area contributed by atoms with Crippen LogP contribution < -0.4 is 0 Å². The number of morpholine rings is 1. The van der Waals surface area contributed by atoms with Gasteiger partial charge in [-0.1, -0.05) is 6.07 Å². The number of hydrogen-bond acceptors (Lipinski definition) is 5. The third-order valence-electron chi connectivity index (χ3n) is 4.18. The summed E-state index contributed by atoms with van der Waals surface area (Å²) >= 11 is 0. The van der Waals surface area contributed by atoms with Crippen LogP contribution in [-0.4, -0.2) is 64.2 Å². The van der Waals surface area contributed by atoms with Crippen molar-refractivity contribution in [3.63, 3.8) is 0 Å². The molecule has 1 amide bonds. The zero-order valence-electron chi connectivity index (χ0n) is 14.1. The second-order valence-electron chi connectivity index (χ2n) is 6.07. The van der Waals surface area contributed by atoms with Gasteiger partial charge in [-0.15, -0.1) is 0 Å². The third-order valence-corrected chi connectivity index (χ3v) is 4.18. The summed E-state index contributed by atoms with van der Waals surface area (Å²) in [5, 5.41) is 7.13. The molecule has 3 heterocycles. The molecule has 0 unspecified atom stereocenters. The largest absolute Gasteiger partial charge is 0.379 e. The van der Waals surface area contributed by atoms with Gasteiger partial charge < -0.3 is 9.64 Å². The molecule has 0 bridgehead atoms. The fraction of sp³-hybridized carbons (Fsp3) is 0.471. The number of nitrogens with one attached hydrogen (secondary N) is 1. The maximum Gasteiger partial charge on any atom is 0.244 e. The van der Waals surface area contributed by atoms with E-state index in [0.717, 1.165) is 30.0 Å². The van der Waals surface area contributed by atoms with Gasteiger partial charge in [0.05, 0.1) is 25.5 Å². The molecule has 24 heavy (non-hydrogen) atoms. The van der Waals surface area contributed by atoms with Gasteiger partial charge in [-0.3, -0.25) is 19.8 Å². The summed E-state index contributed by atoms with van der Waals surface area (Å²) in [4.78, 5) is 21.2. The number of rotatable bonds is 5. The van der Waals surface area contributed by atoms with Gasteiger partial charge in [0, 0.05) is 38.2 Å². The first-order chi connectivity index (χ1) is 11.6. The van der Waals surface area contributed by atoms with Crippen LogP contribution in [0.4, 0.5) is 0 Å². The Kier molecular flexibility index (Phi) is 5.22. The molecule has 3 rings (SSSR count). The van der Waals surface area contributed by atoms with E-state index in [1.54, 1.807) is 17.3 Å². The summed E-state index contributed by atoms with van der Waals surface area (Å²) in [5.41, 5.74) is 2.76. The van der Waals surface area contributed by atoms with E-state index < -0.39 is 0 Å². The van der Waals surface area contributed by atoms with Crippen LogP contribution >= 0.6 is 0 Å². The Hall–Kier alpha value is -2.25. The molecule has 1 aliphatic heterocycles. The first kappa shape index (κ1) is 16.6. The molecule has 7 nitrogen and oxygen atoms in total. The van der Waals surface area contributed by atoms with Crippen molar-refractivity contribution in [1.82, 2.24) is 25.0 Å². The van der Waals surface area contributed by atoms with Crippen molar-refractivity contribution < 1.29 is 9.53 Å². The molecule has 0 aliphatic carbocycles. The molecule has 0 radical (unpaired) electrons. The average molecular weight is 329 g/mol. The zero-order valence-corrected chi connectivity index (χ0v) is 14.1. The minimum absolute atomic E-state index is 0.0468. The molecule has 0 spiro atoms. The Labute approximate surface area is 141 Å². The van der Waals surface area contributed by atoms with Crippen LogP contribution in [0, 0.1) is 6.92 Å². The quantitative estimate of drug-likeness (QED) is 0.890. The van der Waals surface area contributed by atoms with Crippen molar-refractivity contribution in [2.24, 2.45) is 0 Å². The van der Waals surface area contributed by atoms with E-state index in [-0.39, 0.29) is 11.9 Å². The molecule has 0 aromatic carbocycles. The lowest BCUT2D eigenvalue weighted by atomic mass is 10.1. The zero-order chi connectivity index (χ0) is 16.9. The second-order valence-corrected chi connectivity index (χ2v) is 6.07. The number of likely N-dealkylation sites (N-methyl/N-ethyl adjacent to an activating group) is 1. The Morgan fingerprint density at radius 3 is 2.88 bits per heavy atom. The van der Waals surface area contributed by atoms with Gasteiger partial charge in [-0.2, -0.15) is 5.10 Å². The highest BCUT2D eigenvalue weighted by atomic mass is 16.5. The number of amides is 1. The number of hydrogen-bond donors (Lipinski definition) is 1. The van der Waals surface area contributed by atoms with Gasteiger partial charge in [-0.05, 0) is 24.6 Å². The monoisotopic (exact) mass is 329 g/mol. The topological polar surface area (TPSA) is 74.3 Å². The van der Waals surface area contributed by atoms with Gasteiger partial charge in [0.25, 0.3) is 0 Å². The number of aromatic amines is 1. The predicted octanol–water partition coefficient (Wildman–Crippen LogP) is 1.15. The molecule has 1 aliphatic rings. The number of carbonyl (C=O) groups is 1. The Morgan fingerprint density at radius 2 is 2.25 bits per heavy atom. The highest BCUT2D eigenvalue weighted by Gasteiger charge is 2.31. The Bertz CT molecular complexity index is 667. The summed E-state index contributed by atoms with van der Waals surface area (Å²) in [6.07, 6.45) is 3.49. The first-order valence-electron chi connectivity index (χ1n) is 8.13. The van der Waals surface area contributed by atoms with Gasteiger partial charge in [0.15, 0.2) is 0 Å². The molecule has 0 saturated carbocycles. The van der Waals surface area contributed by atoms with Crippen LogP contribution in [0.25, 0.3) is 0 Å². The fourth-order valence-electron chi connectivity index (χ4n) is 2.97. The van der Waals surface area contributed by atoms with Crippen LogP contribution in [0.2, 0.25) is 0 Å². The minimum atomic E-state index is -0.340. The van der Waals surface area contributed by atoms with Crippen molar-refractivity contribution in [2.45, 2.75) is 19.5 Å². The summed E-state index contributed by atoms with van der Waals surface area (Å²) < 4.78 is 5.43. The van der Waals surface area contributed by atoms with Crippen molar-refractivity contribution in [3.8, 4) is 0 Å². The number of pyridine rings is 1. The second kappa shape index (κ2) is 7.55. The van der Waals surface area contributed by atoms with Crippen molar-refractivity contribution in [2.75, 3.05) is 33.4 Å². The van der Waals surface area contributed by atoms with Crippen molar-refractivity contribution >= 4 is 5.91 Å². The van der Waals surface area contributed by atoms with Crippen LogP contribution in [0.3, 0.4) is 0 Å². The third kappa shape index (κ3) is 3.80. The van der Waals surface area contributed by atoms with Crippen LogP contribution in [0.1, 0.15) is 23.0 Å². The molecule has 7 heteroatoms. The molecule has 1 fully saturated rings. The molecule has 2 aromatic heterocycles. The van der Waals surface area contributed by atoms with E-state index in [1.165, 1.54) is 0 Å². The van der Waals surface area contributed by atoms with E-state index >= 15 is 0 Å². The maximum absolute atomic E-state index is 13.1. The number of H-pyrrole nitrogens is 1. The van der Waals surface area contributed by atoms with Gasteiger partial charge in [0.2, 0.25) is 5.91 Å². The average Bonchev–Trinajstić information content (AvgIpc) is 3.02. The van der Waals surface area contributed by atoms with Crippen LogP contribution in [0.5, 0.6) is 0 Å². The highest BCUT2D eigenvalue weighted by molar-refractivity contribution is 5.83. The molecule has 128 valence electrons. The summed E-state index contributed by atoms with van der Waals surface area (Å²) in [6.45, 7) is 5.19. The molecule has 1 atom stereocenters. The summed E-state index contributed by atoms with van der Waals surface area (Å²) in [6, 6.07) is 5.44. The molecular weight excluding hydrogens is 306 g/mol. The summed E-state index contributed by atoms with van der Waals surface area (Å²) in [7, 11) is 1.82. The van der Waals surface area contributed by atoms with Crippen LogP contribution in [0.15, 0.2) is 30.6 Å². The first-order valence-corrected chi connectivity index (χ1v) is 8.13.